The Bertz CT molecular complexity index is 448. The zero-order chi connectivity index (χ0) is 10.7. The van der Waals surface area contributed by atoms with Crippen LogP contribution in [0.2, 0.25) is 0 Å². The first kappa shape index (κ1) is 9.26. The van der Waals surface area contributed by atoms with Crippen LogP contribution in [0.15, 0.2) is 41.3 Å². The summed E-state index contributed by atoms with van der Waals surface area (Å²) in [6.45, 7) is 0. The predicted octanol–water partition coefficient (Wildman–Crippen LogP) is 1.51. The highest BCUT2D eigenvalue weighted by molar-refractivity contribution is 6.03. The summed E-state index contributed by atoms with van der Waals surface area (Å²) in [7, 11) is 0. The van der Waals surface area contributed by atoms with Gasteiger partial charge in [0.2, 0.25) is 0 Å². The lowest BCUT2D eigenvalue weighted by Crippen LogP contribution is -2.11. The van der Waals surface area contributed by atoms with E-state index in [4.69, 9.17) is 10.2 Å². The van der Waals surface area contributed by atoms with Gasteiger partial charge in [-0.15, -0.1) is 0 Å². The molecule has 2 aromatic rings. The standard InChI is InChI=1S/C10H9N3O2/c11-9-2-1-8(5-12-9)13-10(14)7-3-4-15-6-7/h1-6H,(H2,11,12)(H,13,14). The molecular formula is C10H9N3O2. The van der Waals surface area contributed by atoms with E-state index in [0.29, 0.717) is 17.1 Å². The molecule has 0 aliphatic carbocycles. The lowest BCUT2D eigenvalue weighted by atomic mass is 10.3. The second-order valence-electron chi connectivity index (χ2n) is 2.94. The van der Waals surface area contributed by atoms with Crippen molar-refractivity contribution in [2.45, 2.75) is 0 Å². The van der Waals surface area contributed by atoms with Crippen LogP contribution >= 0.6 is 0 Å². The summed E-state index contributed by atoms with van der Waals surface area (Å²) in [4.78, 5) is 15.4. The minimum atomic E-state index is -0.240. The molecule has 1 amide bonds. The number of carbonyl (C=O) groups excluding carboxylic acids is 1. The molecule has 0 bridgehead atoms. The third kappa shape index (κ3) is 2.14. The van der Waals surface area contributed by atoms with Crippen LogP contribution in [0.3, 0.4) is 0 Å². The number of nitrogens with zero attached hydrogens (tertiary/aromatic N) is 1. The van der Waals surface area contributed by atoms with E-state index in [-0.39, 0.29) is 5.91 Å². The van der Waals surface area contributed by atoms with Crippen LogP contribution in [0.25, 0.3) is 0 Å². The minimum Gasteiger partial charge on any atom is -0.472 e. The van der Waals surface area contributed by atoms with Crippen LogP contribution in [-0.2, 0) is 0 Å². The lowest BCUT2D eigenvalue weighted by molar-refractivity contribution is 0.102. The van der Waals surface area contributed by atoms with E-state index in [0.717, 1.165) is 0 Å². The predicted molar refractivity (Wildman–Crippen MR) is 55.3 cm³/mol. The molecule has 0 spiro atoms. The van der Waals surface area contributed by atoms with Gasteiger partial charge in [-0.3, -0.25) is 4.79 Å². The largest absolute Gasteiger partial charge is 0.472 e. The number of hydrogen-bond donors (Lipinski definition) is 2. The van der Waals surface area contributed by atoms with Crippen molar-refractivity contribution >= 4 is 17.4 Å². The van der Waals surface area contributed by atoms with Crippen molar-refractivity contribution in [1.82, 2.24) is 4.98 Å². The summed E-state index contributed by atoms with van der Waals surface area (Å²) in [6.07, 6.45) is 4.31. The molecule has 76 valence electrons. The third-order valence-corrected chi connectivity index (χ3v) is 1.83. The molecule has 2 aromatic heterocycles. The van der Waals surface area contributed by atoms with Crippen molar-refractivity contribution in [3.05, 3.63) is 42.5 Å². The van der Waals surface area contributed by atoms with Gasteiger partial charge in [-0.05, 0) is 18.2 Å². The van der Waals surface area contributed by atoms with Crippen LogP contribution in [-0.4, -0.2) is 10.9 Å². The van der Waals surface area contributed by atoms with E-state index in [2.05, 4.69) is 10.3 Å². The highest BCUT2D eigenvalue weighted by Crippen LogP contribution is 2.09. The van der Waals surface area contributed by atoms with Gasteiger partial charge in [-0.25, -0.2) is 4.98 Å². The first-order valence-electron chi connectivity index (χ1n) is 4.31. The number of amides is 1. The Balaban J connectivity index is 2.09. The van der Waals surface area contributed by atoms with Crippen molar-refractivity contribution in [2.75, 3.05) is 11.1 Å². The molecule has 2 heterocycles. The maximum absolute atomic E-state index is 11.5. The second-order valence-corrected chi connectivity index (χ2v) is 2.94. The van der Waals surface area contributed by atoms with Gasteiger partial charge >= 0.3 is 0 Å². The van der Waals surface area contributed by atoms with Gasteiger partial charge in [0, 0.05) is 0 Å². The molecule has 0 aliphatic heterocycles. The molecule has 0 unspecified atom stereocenters. The van der Waals surface area contributed by atoms with Gasteiger partial charge < -0.3 is 15.5 Å². The fourth-order valence-corrected chi connectivity index (χ4v) is 1.08. The van der Waals surface area contributed by atoms with Gasteiger partial charge in [0.05, 0.1) is 23.7 Å². The number of anilines is 2. The Hall–Kier alpha value is -2.30. The van der Waals surface area contributed by atoms with E-state index in [9.17, 15) is 4.79 Å². The van der Waals surface area contributed by atoms with Crippen molar-refractivity contribution in [3.63, 3.8) is 0 Å². The maximum atomic E-state index is 11.5. The normalized spacial score (nSPS) is 9.87. The zero-order valence-corrected chi connectivity index (χ0v) is 7.81. The summed E-state index contributed by atoms with van der Waals surface area (Å²) in [5, 5.41) is 2.65. The van der Waals surface area contributed by atoms with Crippen LogP contribution in [0, 0.1) is 0 Å². The first-order valence-corrected chi connectivity index (χ1v) is 4.31. The highest BCUT2D eigenvalue weighted by Gasteiger charge is 2.06. The number of aromatic nitrogens is 1. The summed E-state index contributed by atoms with van der Waals surface area (Å²) in [5.74, 6) is 0.173. The molecule has 0 saturated carbocycles. The molecule has 0 atom stereocenters. The van der Waals surface area contributed by atoms with Crippen LogP contribution in [0.5, 0.6) is 0 Å². The third-order valence-electron chi connectivity index (χ3n) is 1.83. The monoisotopic (exact) mass is 203 g/mol. The van der Waals surface area contributed by atoms with Gasteiger partial charge in [-0.2, -0.15) is 0 Å². The molecule has 15 heavy (non-hydrogen) atoms. The highest BCUT2D eigenvalue weighted by atomic mass is 16.3. The number of rotatable bonds is 2. The summed E-state index contributed by atoms with van der Waals surface area (Å²) >= 11 is 0. The van der Waals surface area contributed by atoms with E-state index in [1.54, 1.807) is 18.2 Å². The van der Waals surface area contributed by atoms with E-state index in [1.165, 1.54) is 18.7 Å². The summed E-state index contributed by atoms with van der Waals surface area (Å²) in [6, 6.07) is 4.88. The molecule has 0 aromatic carbocycles. The molecule has 0 saturated heterocycles. The Morgan fingerprint density at radius 2 is 2.27 bits per heavy atom. The Morgan fingerprint density at radius 3 is 2.87 bits per heavy atom. The number of hydrogen-bond acceptors (Lipinski definition) is 4. The van der Waals surface area contributed by atoms with Crippen molar-refractivity contribution in [3.8, 4) is 0 Å². The zero-order valence-electron chi connectivity index (χ0n) is 7.81. The van der Waals surface area contributed by atoms with E-state index < -0.39 is 0 Å². The number of nitrogen functional groups attached to an aromatic ring is 1. The Morgan fingerprint density at radius 1 is 1.40 bits per heavy atom. The van der Waals surface area contributed by atoms with Gasteiger partial charge in [-0.1, -0.05) is 0 Å². The molecule has 0 radical (unpaired) electrons. The summed E-state index contributed by atoms with van der Waals surface area (Å²) < 4.78 is 4.80. The average molecular weight is 203 g/mol. The van der Waals surface area contributed by atoms with E-state index >= 15 is 0 Å². The molecule has 2 rings (SSSR count). The number of carbonyl (C=O) groups is 1. The molecule has 3 N–H and O–H groups in total. The topological polar surface area (TPSA) is 81.1 Å². The van der Waals surface area contributed by atoms with E-state index in [1.807, 2.05) is 0 Å². The lowest BCUT2D eigenvalue weighted by Gasteiger charge is -2.02. The van der Waals surface area contributed by atoms with Crippen molar-refractivity contribution in [2.24, 2.45) is 0 Å². The molecular weight excluding hydrogens is 194 g/mol. The van der Waals surface area contributed by atoms with Crippen molar-refractivity contribution < 1.29 is 9.21 Å². The number of nitrogens with one attached hydrogen (secondary N) is 1. The number of pyridine rings is 1. The molecule has 0 aliphatic rings. The SMILES string of the molecule is Nc1ccc(NC(=O)c2ccoc2)cn1. The smallest absolute Gasteiger partial charge is 0.258 e. The molecule has 0 fully saturated rings. The van der Waals surface area contributed by atoms with Gasteiger partial charge in [0.1, 0.15) is 12.1 Å². The number of furan rings is 1. The van der Waals surface area contributed by atoms with Gasteiger partial charge in [0.15, 0.2) is 0 Å². The fraction of sp³-hybridized carbons (Fsp3) is 0. The van der Waals surface area contributed by atoms with Gasteiger partial charge in [0.25, 0.3) is 5.91 Å². The average Bonchev–Trinajstić information content (AvgIpc) is 2.74. The molecule has 5 heteroatoms. The maximum Gasteiger partial charge on any atom is 0.258 e. The second kappa shape index (κ2) is 3.83. The Kier molecular flexibility index (Phi) is 2.37. The quantitative estimate of drug-likeness (QED) is 0.775. The minimum absolute atomic E-state index is 0.240. The van der Waals surface area contributed by atoms with Crippen LogP contribution < -0.4 is 11.1 Å². The van der Waals surface area contributed by atoms with Crippen molar-refractivity contribution in [1.29, 1.82) is 0 Å². The van der Waals surface area contributed by atoms with Crippen LogP contribution in [0.4, 0.5) is 11.5 Å². The Labute approximate surface area is 85.9 Å². The molecule has 5 nitrogen and oxygen atoms in total. The van der Waals surface area contributed by atoms with Crippen LogP contribution in [0.1, 0.15) is 10.4 Å². The summed E-state index contributed by atoms with van der Waals surface area (Å²) in [5.41, 5.74) is 6.47. The number of nitrogens with two attached hydrogens (primary N) is 1. The first-order chi connectivity index (χ1) is 7.25. The fourth-order valence-electron chi connectivity index (χ4n) is 1.08.